The molecule has 0 aliphatic heterocycles. The summed E-state index contributed by atoms with van der Waals surface area (Å²) < 4.78 is 10.6. The van der Waals surface area contributed by atoms with Gasteiger partial charge in [0.05, 0.1) is 0 Å². The van der Waals surface area contributed by atoms with Crippen molar-refractivity contribution < 1.29 is 19.1 Å². The fourth-order valence-corrected chi connectivity index (χ4v) is 2.10. The molecule has 0 saturated carbocycles. The van der Waals surface area contributed by atoms with Gasteiger partial charge in [0.15, 0.2) is 12.2 Å². The maximum absolute atomic E-state index is 12.1. The molecule has 2 atom stereocenters. The number of benzene rings is 2. The molecule has 6 heteroatoms. The van der Waals surface area contributed by atoms with Crippen LogP contribution in [0.5, 0.6) is 5.75 Å². The van der Waals surface area contributed by atoms with Crippen LogP contribution in [0.3, 0.4) is 0 Å². The lowest BCUT2D eigenvalue weighted by Crippen LogP contribution is -2.35. The van der Waals surface area contributed by atoms with E-state index in [0.29, 0.717) is 16.5 Å². The zero-order chi connectivity index (χ0) is 18.4. The molecule has 0 heterocycles. The molecule has 0 unspecified atom stereocenters. The van der Waals surface area contributed by atoms with Crippen LogP contribution in [0.4, 0.5) is 5.69 Å². The minimum absolute atomic E-state index is 0.407. The standard InChI is InChI=1S/C19H20ClNO4/c1-12-4-8-16(9-5-12)21-18(22)13(2)25-19(23)14(3)24-17-10-6-15(20)7-11-17/h4-11,13-14H,1-3H3,(H,21,22)/t13-,14+/m0/s1. The molecule has 2 aromatic carbocycles. The minimum atomic E-state index is -0.940. The number of anilines is 1. The average Bonchev–Trinajstić information content (AvgIpc) is 2.58. The molecule has 0 spiro atoms. The Morgan fingerprint density at radius 1 is 0.960 bits per heavy atom. The van der Waals surface area contributed by atoms with Crippen LogP contribution in [-0.2, 0) is 14.3 Å². The normalized spacial score (nSPS) is 12.8. The second-order valence-electron chi connectivity index (χ2n) is 5.65. The third-order valence-corrected chi connectivity index (χ3v) is 3.69. The highest BCUT2D eigenvalue weighted by molar-refractivity contribution is 6.30. The molecule has 5 nitrogen and oxygen atoms in total. The number of amides is 1. The van der Waals surface area contributed by atoms with Crippen molar-refractivity contribution in [3.8, 4) is 5.75 Å². The number of hydrogen-bond acceptors (Lipinski definition) is 4. The van der Waals surface area contributed by atoms with Gasteiger partial charge in [-0.25, -0.2) is 4.79 Å². The first kappa shape index (κ1) is 18.8. The van der Waals surface area contributed by atoms with E-state index in [2.05, 4.69) is 5.32 Å². The number of carbonyl (C=O) groups excluding carboxylic acids is 2. The number of ether oxygens (including phenoxy) is 2. The SMILES string of the molecule is Cc1ccc(NC(=O)[C@H](C)OC(=O)[C@@H](C)Oc2ccc(Cl)cc2)cc1. The average molecular weight is 362 g/mol. The van der Waals surface area contributed by atoms with Crippen molar-refractivity contribution in [1.29, 1.82) is 0 Å². The van der Waals surface area contributed by atoms with Crippen LogP contribution in [0.25, 0.3) is 0 Å². The second-order valence-corrected chi connectivity index (χ2v) is 6.08. The van der Waals surface area contributed by atoms with E-state index in [0.717, 1.165) is 5.56 Å². The van der Waals surface area contributed by atoms with E-state index in [1.807, 2.05) is 19.1 Å². The van der Waals surface area contributed by atoms with E-state index in [1.165, 1.54) is 6.92 Å². The van der Waals surface area contributed by atoms with Crippen molar-refractivity contribution in [2.24, 2.45) is 0 Å². The Balaban J connectivity index is 1.86. The monoisotopic (exact) mass is 361 g/mol. The van der Waals surface area contributed by atoms with Crippen molar-refractivity contribution in [3.63, 3.8) is 0 Å². The van der Waals surface area contributed by atoms with Crippen LogP contribution in [0.1, 0.15) is 19.4 Å². The maximum atomic E-state index is 12.1. The maximum Gasteiger partial charge on any atom is 0.347 e. The van der Waals surface area contributed by atoms with Gasteiger partial charge in [0, 0.05) is 10.7 Å². The second kappa shape index (κ2) is 8.53. The first-order valence-electron chi connectivity index (χ1n) is 7.85. The first-order chi connectivity index (χ1) is 11.8. The number of halogens is 1. The summed E-state index contributed by atoms with van der Waals surface area (Å²) in [5.41, 5.74) is 1.73. The number of esters is 1. The van der Waals surface area contributed by atoms with Crippen molar-refractivity contribution in [2.75, 3.05) is 5.32 Å². The fraction of sp³-hybridized carbons (Fsp3) is 0.263. The van der Waals surface area contributed by atoms with E-state index in [9.17, 15) is 9.59 Å². The van der Waals surface area contributed by atoms with E-state index >= 15 is 0 Å². The van der Waals surface area contributed by atoms with Gasteiger partial charge in [-0.3, -0.25) is 4.79 Å². The molecule has 0 aliphatic rings. The lowest BCUT2D eigenvalue weighted by molar-refractivity contribution is -0.159. The largest absolute Gasteiger partial charge is 0.479 e. The smallest absolute Gasteiger partial charge is 0.347 e. The summed E-state index contributed by atoms with van der Waals surface area (Å²) in [6.07, 6.45) is -1.79. The minimum Gasteiger partial charge on any atom is -0.479 e. The molecular weight excluding hydrogens is 342 g/mol. The van der Waals surface area contributed by atoms with Crippen LogP contribution < -0.4 is 10.1 Å². The Morgan fingerprint density at radius 2 is 1.56 bits per heavy atom. The van der Waals surface area contributed by atoms with E-state index < -0.39 is 24.1 Å². The van der Waals surface area contributed by atoms with Crippen LogP contribution in [0.15, 0.2) is 48.5 Å². The van der Waals surface area contributed by atoms with Gasteiger partial charge in [-0.15, -0.1) is 0 Å². The van der Waals surface area contributed by atoms with Gasteiger partial charge >= 0.3 is 5.97 Å². The Kier molecular flexibility index (Phi) is 6.42. The summed E-state index contributed by atoms with van der Waals surface area (Å²) >= 11 is 5.80. The molecule has 1 N–H and O–H groups in total. The van der Waals surface area contributed by atoms with Crippen molar-refractivity contribution in [3.05, 3.63) is 59.1 Å². The Hall–Kier alpha value is -2.53. The van der Waals surface area contributed by atoms with Gasteiger partial charge in [-0.05, 0) is 57.2 Å². The molecular formula is C19H20ClNO4. The highest BCUT2D eigenvalue weighted by Gasteiger charge is 2.23. The Labute approximate surface area is 151 Å². The number of hydrogen-bond donors (Lipinski definition) is 1. The van der Waals surface area contributed by atoms with Gasteiger partial charge in [-0.1, -0.05) is 29.3 Å². The lowest BCUT2D eigenvalue weighted by atomic mass is 10.2. The van der Waals surface area contributed by atoms with Gasteiger partial charge in [-0.2, -0.15) is 0 Å². The summed E-state index contributed by atoms with van der Waals surface area (Å²) in [6.45, 7) is 5.02. The molecule has 0 aliphatic carbocycles. The zero-order valence-electron chi connectivity index (χ0n) is 14.3. The number of rotatable bonds is 6. The zero-order valence-corrected chi connectivity index (χ0v) is 15.0. The molecule has 0 aromatic heterocycles. The van der Waals surface area contributed by atoms with Gasteiger partial charge < -0.3 is 14.8 Å². The first-order valence-corrected chi connectivity index (χ1v) is 8.23. The topological polar surface area (TPSA) is 64.6 Å². The summed E-state index contributed by atoms with van der Waals surface area (Å²) in [4.78, 5) is 24.2. The van der Waals surface area contributed by atoms with Crippen molar-refractivity contribution >= 4 is 29.2 Å². The molecule has 0 bridgehead atoms. The summed E-state index contributed by atoms with van der Waals surface area (Å²) in [5.74, 6) is -0.539. The van der Waals surface area contributed by atoms with E-state index in [1.54, 1.807) is 43.3 Å². The highest BCUT2D eigenvalue weighted by atomic mass is 35.5. The summed E-state index contributed by atoms with van der Waals surface area (Å²) in [6, 6.07) is 14.0. The number of carbonyl (C=O) groups is 2. The predicted octanol–water partition coefficient (Wildman–Crippen LogP) is 3.99. The van der Waals surface area contributed by atoms with Crippen LogP contribution in [0.2, 0.25) is 5.02 Å². The molecule has 132 valence electrons. The molecule has 2 aromatic rings. The van der Waals surface area contributed by atoms with E-state index in [4.69, 9.17) is 21.1 Å². The summed E-state index contributed by atoms with van der Waals surface area (Å²) in [7, 11) is 0. The Morgan fingerprint density at radius 3 is 2.16 bits per heavy atom. The summed E-state index contributed by atoms with van der Waals surface area (Å²) in [5, 5.41) is 3.27. The van der Waals surface area contributed by atoms with Crippen molar-refractivity contribution in [2.45, 2.75) is 33.0 Å². The number of nitrogens with one attached hydrogen (secondary N) is 1. The van der Waals surface area contributed by atoms with Crippen LogP contribution >= 0.6 is 11.6 Å². The van der Waals surface area contributed by atoms with Crippen LogP contribution in [0, 0.1) is 6.92 Å². The molecule has 25 heavy (non-hydrogen) atoms. The third-order valence-electron chi connectivity index (χ3n) is 3.44. The molecule has 2 rings (SSSR count). The highest BCUT2D eigenvalue weighted by Crippen LogP contribution is 2.17. The third kappa shape index (κ3) is 5.80. The quantitative estimate of drug-likeness (QED) is 0.790. The molecule has 0 saturated heterocycles. The van der Waals surface area contributed by atoms with Gasteiger partial charge in [0.1, 0.15) is 5.75 Å². The molecule has 0 radical (unpaired) electrons. The van der Waals surface area contributed by atoms with Gasteiger partial charge in [0.2, 0.25) is 0 Å². The molecule has 0 fully saturated rings. The fourth-order valence-electron chi connectivity index (χ4n) is 1.97. The number of aryl methyl sites for hydroxylation is 1. The Bertz CT molecular complexity index is 728. The van der Waals surface area contributed by atoms with Gasteiger partial charge in [0.25, 0.3) is 5.91 Å². The lowest BCUT2D eigenvalue weighted by Gasteiger charge is -2.18. The predicted molar refractivity (Wildman–Crippen MR) is 96.9 cm³/mol. The van der Waals surface area contributed by atoms with Crippen molar-refractivity contribution in [1.82, 2.24) is 0 Å². The van der Waals surface area contributed by atoms with Crippen LogP contribution in [-0.4, -0.2) is 24.1 Å². The van der Waals surface area contributed by atoms with E-state index in [-0.39, 0.29) is 0 Å². The molecule has 1 amide bonds.